The summed E-state index contributed by atoms with van der Waals surface area (Å²) in [6, 6.07) is 10.9. The van der Waals surface area contributed by atoms with Gasteiger partial charge in [-0.05, 0) is 19.1 Å². The highest BCUT2D eigenvalue weighted by Gasteiger charge is 2.03. The van der Waals surface area contributed by atoms with Crippen molar-refractivity contribution < 1.29 is 0 Å². The lowest BCUT2D eigenvalue weighted by Crippen LogP contribution is -1.90. The van der Waals surface area contributed by atoms with Gasteiger partial charge in [-0.2, -0.15) is 15.6 Å². The van der Waals surface area contributed by atoms with Gasteiger partial charge in [-0.15, -0.1) is 0 Å². The molecular formula is C13H10N6. The van der Waals surface area contributed by atoms with Crippen molar-refractivity contribution in [1.29, 1.82) is 10.5 Å². The highest BCUT2D eigenvalue weighted by Crippen LogP contribution is 2.19. The lowest BCUT2D eigenvalue weighted by atomic mass is 10.2. The Bertz CT molecular complexity index is 682. The predicted molar refractivity (Wildman–Crippen MR) is 69.5 cm³/mol. The normalized spacial score (nSPS) is 9.21. The summed E-state index contributed by atoms with van der Waals surface area (Å²) in [4.78, 5) is 4.24. The third kappa shape index (κ3) is 2.96. The first kappa shape index (κ1) is 12.3. The van der Waals surface area contributed by atoms with Gasteiger partial charge >= 0.3 is 0 Å². The second-order valence-corrected chi connectivity index (χ2v) is 3.75. The molecule has 2 rings (SSSR count). The molecular weight excluding hydrogens is 240 g/mol. The van der Waals surface area contributed by atoms with E-state index in [1.807, 2.05) is 31.2 Å². The van der Waals surface area contributed by atoms with Crippen LogP contribution in [0.2, 0.25) is 0 Å². The lowest BCUT2D eigenvalue weighted by molar-refractivity contribution is 1.04. The van der Waals surface area contributed by atoms with Gasteiger partial charge in [0.1, 0.15) is 23.5 Å². The van der Waals surface area contributed by atoms with Crippen molar-refractivity contribution in [3.05, 3.63) is 41.9 Å². The predicted octanol–water partition coefficient (Wildman–Crippen LogP) is 2.12. The molecule has 0 radical (unpaired) electrons. The van der Waals surface area contributed by atoms with E-state index in [0.29, 0.717) is 5.82 Å². The zero-order chi connectivity index (χ0) is 13.7. The van der Waals surface area contributed by atoms with Crippen molar-refractivity contribution in [1.82, 2.24) is 15.2 Å². The molecule has 1 heterocycles. The third-order valence-corrected chi connectivity index (χ3v) is 2.34. The monoisotopic (exact) mass is 250 g/mol. The summed E-state index contributed by atoms with van der Waals surface area (Å²) >= 11 is 0. The van der Waals surface area contributed by atoms with Gasteiger partial charge in [-0.3, -0.25) is 5.10 Å². The zero-order valence-corrected chi connectivity index (χ0v) is 10.2. The molecule has 0 saturated heterocycles. The fourth-order valence-electron chi connectivity index (χ4n) is 1.46. The molecule has 6 nitrogen and oxygen atoms in total. The number of rotatable bonds is 3. The summed E-state index contributed by atoms with van der Waals surface area (Å²) < 4.78 is 0. The van der Waals surface area contributed by atoms with Gasteiger partial charge in [-0.1, -0.05) is 12.1 Å². The third-order valence-electron chi connectivity index (χ3n) is 2.34. The average molecular weight is 250 g/mol. The molecule has 0 aliphatic rings. The highest BCUT2D eigenvalue weighted by atomic mass is 15.2. The molecule has 1 aromatic heterocycles. The highest BCUT2D eigenvalue weighted by molar-refractivity contribution is 5.63. The van der Waals surface area contributed by atoms with E-state index >= 15 is 0 Å². The van der Waals surface area contributed by atoms with Crippen LogP contribution in [0.15, 0.2) is 36.0 Å². The van der Waals surface area contributed by atoms with Crippen molar-refractivity contribution in [3.8, 4) is 23.5 Å². The summed E-state index contributed by atoms with van der Waals surface area (Å²) in [6.07, 6.45) is 1.36. The van der Waals surface area contributed by atoms with Crippen LogP contribution in [-0.2, 0) is 0 Å². The van der Waals surface area contributed by atoms with E-state index in [9.17, 15) is 0 Å². The summed E-state index contributed by atoms with van der Waals surface area (Å²) in [7, 11) is 0. The quantitative estimate of drug-likeness (QED) is 0.812. The number of benzene rings is 1. The minimum absolute atomic E-state index is 0.0131. The van der Waals surface area contributed by atoms with Crippen LogP contribution in [0.3, 0.4) is 0 Å². The molecule has 2 N–H and O–H groups in total. The molecule has 0 saturated carbocycles. The number of hydrogen-bond donors (Lipinski definition) is 2. The first-order chi connectivity index (χ1) is 9.22. The van der Waals surface area contributed by atoms with Gasteiger partial charge in [0.15, 0.2) is 5.82 Å². The van der Waals surface area contributed by atoms with Crippen molar-refractivity contribution in [2.24, 2.45) is 0 Å². The molecule has 0 bridgehead atoms. The van der Waals surface area contributed by atoms with E-state index in [2.05, 4.69) is 20.5 Å². The number of H-pyrrole nitrogens is 1. The minimum Gasteiger partial charge on any atom is -0.360 e. The van der Waals surface area contributed by atoms with Crippen LogP contribution in [0.1, 0.15) is 5.82 Å². The molecule has 2 aromatic rings. The molecule has 0 aliphatic heterocycles. The first-order valence-corrected chi connectivity index (χ1v) is 5.49. The number of nitrogens with one attached hydrogen (secondary N) is 2. The maximum absolute atomic E-state index is 8.63. The van der Waals surface area contributed by atoms with Gasteiger partial charge in [0, 0.05) is 17.5 Å². The van der Waals surface area contributed by atoms with Gasteiger partial charge in [0.2, 0.25) is 0 Å². The number of allylic oxidation sites excluding steroid dienone is 1. The van der Waals surface area contributed by atoms with Crippen LogP contribution >= 0.6 is 0 Å². The van der Waals surface area contributed by atoms with E-state index in [1.165, 1.54) is 6.20 Å². The first-order valence-electron chi connectivity index (χ1n) is 5.49. The second kappa shape index (κ2) is 5.48. The number of aryl methyl sites for hydroxylation is 1. The smallest absolute Gasteiger partial charge is 0.181 e. The molecule has 0 amide bonds. The Morgan fingerprint density at radius 1 is 1.37 bits per heavy atom. The molecule has 0 spiro atoms. The van der Waals surface area contributed by atoms with E-state index in [1.54, 1.807) is 12.1 Å². The molecule has 92 valence electrons. The van der Waals surface area contributed by atoms with E-state index in [-0.39, 0.29) is 5.57 Å². The van der Waals surface area contributed by atoms with Crippen molar-refractivity contribution in [2.75, 3.05) is 5.32 Å². The van der Waals surface area contributed by atoms with Gasteiger partial charge in [0.05, 0.1) is 0 Å². The fraction of sp³-hybridized carbons (Fsp3) is 0.0769. The van der Waals surface area contributed by atoms with Crippen molar-refractivity contribution >= 4 is 5.69 Å². The van der Waals surface area contributed by atoms with Crippen LogP contribution in [0.4, 0.5) is 5.69 Å². The summed E-state index contributed by atoms with van der Waals surface area (Å²) in [5.74, 6) is 1.34. The van der Waals surface area contributed by atoms with Crippen LogP contribution in [0.25, 0.3) is 11.4 Å². The molecule has 0 aliphatic carbocycles. The standard InChI is InChI=1S/C13H10N6/c1-9-17-13(19-18-9)11-3-2-4-12(5-11)16-8-10(6-14)7-15/h2-5,8,16H,1H3,(H,17,18,19). The zero-order valence-electron chi connectivity index (χ0n) is 10.2. The van der Waals surface area contributed by atoms with Crippen LogP contribution in [0.5, 0.6) is 0 Å². The Morgan fingerprint density at radius 2 is 2.16 bits per heavy atom. The summed E-state index contributed by atoms with van der Waals surface area (Å²) in [5.41, 5.74) is 1.61. The van der Waals surface area contributed by atoms with Crippen LogP contribution in [0, 0.1) is 29.6 Å². The Morgan fingerprint density at radius 3 is 2.79 bits per heavy atom. The minimum atomic E-state index is 0.0131. The molecule has 6 heteroatoms. The van der Waals surface area contributed by atoms with Gasteiger partial charge < -0.3 is 5.32 Å². The maximum atomic E-state index is 8.63. The Kier molecular flexibility index (Phi) is 3.56. The maximum Gasteiger partial charge on any atom is 0.181 e. The van der Waals surface area contributed by atoms with E-state index in [4.69, 9.17) is 10.5 Å². The Balaban J connectivity index is 2.24. The summed E-state index contributed by atoms with van der Waals surface area (Å²) in [6.45, 7) is 1.83. The van der Waals surface area contributed by atoms with Crippen molar-refractivity contribution in [3.63, 3.8) is 0 Å². The SMILES string of the molecule is Cc1nc(-c2cccc(NC=C(C#N)C#N)c2)n[nH]1. The van der Waals surface area contributed by atoms with Crippen LogP contribution in [-0.4, -0.2) is 15.2 Å². The van der Waals surface area contributed by atoms with Crippen LogP contribution < -0.4 is 5.32 Å². The molecule has 0 fully saturated rings. The van der Waals surface area contributed by atoms with Gasteiger partial charge in [0.25, 0.3) is 0 Å². The van der Waals surface area contributed by atoms with E-state index < -0.39 is 0 Å². The second-order valence-electron chi connectivity index (χ2n) is 3.75. The summed E-state index contributed by atoms with van der Waals surface area (Å²) in [5, 5.41) is 27.0. The molecule has 1 aromatic carbocycles. The number of anilines is 1. The number of nitriles is 2. The topological polar surface area (TPSA) is 101 Å². The molecule has 0 atom stereocenters. The Hall–Kier alpha value is -3.12. The van der Waals surface area contributed by atoms with E-state index in [0.717, 1.165) is 17.1 Å². The number of hydrogen-bond acceptors (Lipinski definition) is 5. The average Bonchev–Trinajstić information content (AvgIpc) is 2.87. The Labute approximate surface area is 110 Å². The largest absolute Gasteiger partial charge is 0.360 e. The number of aromatic nitrogens is 3. The number of aromatic amines is 1. The molecule has 0 unspecified atom stereocenters. The van der Waals surface area contributed by atoms with Gasteiger partial charge in [-0.25, -0.2) is 4.98 Å². The fourth-order valence-corrected chi connectivity index (χ4v) is 1.46. The molecule has 19 heavy (non-hydrogen) atoms. The number of nitrogens with zero attached hydrogens (tertiary/aromatic N) is 4. The lowest BCUT2D eigenvalue weighted by Gasteiger charge is -2.02. The van der Waals surface area contributed by atoms with Crippen molar-refractivity contribution in [2.45, 2.75) is 6.92 Å².